The van der Waals surface area contributed by atoms with Gasteiger partial charge in [-0.3, -0.25) is 9.78 Å². The lowest BCUT2D eigenvalue weighted by Crippen LogP contribution is -2.45. The molecule has 98 valence electrons. The van der Waals surface area contributed by atoms with Gasteiger partial charge in [-0.15, -0.1) is 0 Å². The van der Waals surface area contributed by atoms with Gasteiger partial charge < -0.3 is 11.1 Å². The van der Waals surface area contributed by atoms with Crippen molar-refractivity contribution in [2.45, 2.75) is 19.4 Å². The van der Waals surface area contributed by atoms with Crippen LogP contribution in [0.5, 0.6) is 0 Å². The topological polar surface area (TPSA) is 68.0 Å². The highest BCUT2D eigenvalue weighted by Gasteiger charge is 2.30. The number of hydrogen-bond acceptors (Lipinski definition) is 3. The van der Waals surface area contributed by atoms with Crippen LogP contribution in [0, 0.1) is 6.92 Å². The van der Waals surface area contributed by atoms with E-state index in [2.05, 4.69) is 10.3 Å². The molecule has 0 radical (unpaired) electrons. The number of nitrogens with two attached hydrogens (primary N) is 1. The van der Waals surface area contributed by atoms with Crippen molar-refractivity contribution >= 4 is 11.6 Å². The minimum absolute atomic E-state index is 0.248. The van der Waals surface area contributed by atoms with E-state index in [1.807, 2.05) is 31.2 Å². The summed E-state index contributed by atoms with van der Waals surface area (Å²) in [7, 11) is 0. The zero-order valence-electron chi connectivity index (χ0n) is 11.1. The predicted molar refractivity (Wildman–Crippen MR) is 75.6 cm³/mol. The second kappa shape index (κ2) is 5.20. The summed E-state index contributed by atoms with van der Waals surface area (Å²) in [5.41, 5.74) is 7.64. The predicted octanol–water partition coefficient (Wildman–Crippen LogP) is 2.20. The average Bonchev–Trinajstić information content (AvgIpc) is 2.42. The summed E-state index contributed by atoms with van der Waals surface area (Å²) in [5.74, 6) is -0.248. The van der Waals surface area contributed by atoms with Gasteiger partial charge in [-0.25, -0.2) is 0 Å². The number of hydrogen-bond donors (Lipinski definition) is 2. The van der Waals surface area contributed by atoms with Gasteiger partial charge in [0.2, 0.25) is 5.91 Å². The lowest BCUT2D eigenvalue weighted by atomic mass is 9.93. The summed E-state index contributed by atoms with van der Waals surface area (Å²) in [4.78, 5) is 16.2. The van der Waals surface area contributed by atoms with E-state index in [0.717, 1.165) is 16.8 Å². The average molecular weight is 255 g/mol. The number of carbonyl (C=O) groups excluding carboxylic acids is 1. The van der Waals surface area contributed by atoms with Gasteiger partial charge in [0, 0.05) is 18.1 Å². The van der Waals surface area contributed by atoms with Gasteiger partial charge in [0.15, 0.2) is 0 Å². The molecule has 0 aliphatic carbocycles. The fourth-order valence-corrected chi connectivity index (χ4v) is 1.73. The quantitative estimate of drug-likeness (QED) is 0.883. The molecule has 1 atom stereocenters. The highest BCUT2D eigenvalue weighted by Crippen LogP contribution is 2.19. The summed E-state index contributed by atoms with van der Waals surface area (Å²) < 4.78 is 0. The van der Waals surface area contributed by atoms with Gasteiger partial charge in [0.25, 0.3) is 0 Å². The number of amides is 1. The van der Waals surface area contributed by atoms with Gasteiger partial charge in [-0.1, -0.05) is 17.7 Å². The van der Waals surface area contributed by atoms with E-state index in [9.17, 15) is 4.79 Å². The number of nitrogens with zero attached hydrogens (tertiary/aromatic N) is 1. The first-order chi connectivity index (χ1) is 9.00. The Bertz CT molecular complexity index is 562. The van der Waals surface area contributed by atoms with Crippen LogP contribution < -0.4 is 11.1 Å². The third-order valence-corrected chi connectivity index (χ3v) is 3.06. The second-order valence-corrected chi connectivity index (χ2v) is 4.76. The molecule has 1 amide bonds. The molecule has 2 aromatic rings. The zero-order chi connectivity index (χ0) is 13.9. The molecular weight excluding hydrogens is 238 g/mol. The molecule has 0 unspecified atom stereocenters. The molecule has 4 heteroatoms. The SMILES string of the molecule is Cc1ccc(NC(=O)[C@@](C)(N)c2ccncc2)cc1. The molecule has 3 N–H and O–H groups in total. The molecule has 1 aromatic heterocycles. The second-order valence-electron chi connectivity index (χ2n) is 4.76. The molecule has 1 heterocycles. The number of benzene rings is 1. The van der Waals surface area contributed by atoms with Crippen LogP contribution in [-0.4, -0.2) is 10.9 Å². The van der Waals surface area contributed by atoms with E-state index in [-0.39, 0.29) is 5.91 Å². The third-order valence-electron chi connectivity index (χ3n) is 3.06. The molecule has 0 spiro atoms. The van der Waals surface area contributed by atoms with Gasteiger partial charge in [-0.05, 0) is 43.7 Å². The smallest absolute Gasteiger partial charge is 0.248 e. The Labute approximate surface area is 112 Å². The van der Waals surface area contributed by atoms with Crippen LogP contribution in [0.4, 0.5) is 5.69 Å². The van der Waals surface area contributed by atoms with E-state index in [0.29, 0.717) is 0 Å². The molecule has 0 fully saturated rings. The molecule has 4 nitrogen and oxygen atoms in total. The zero-order valence-corrected chi connectivity index (χ0v) is 11.1. The van der Waals surface area contributed by atoms with Crippen LogP contribution in [0.1, 0.15) is 18.1 Å². The van der Waals surface area contributed by atoms with Gasteiger partial charge in [0.05, 0.1) is 0 Å². The third kappa shape index (κ3) is 2.98. The monoisotopic (exact) mass is 255 g/mol. The normalized spacial score (nSPS) is 13.6. The maximum atomic E-state index is 12.3. The number of nitrogens with one attached hydrogen (secondary N) is 1. The molecule has 0 bridgehead atoms. The number of anilines is 1. The van der Waals surface area contributed by atoms with E-state index in [1.165, 1.54) is 0 Å². The van der Waals surface area contributed by atoms with E-state index in [1.54, 1.807) is 31.5 Å². The van der Waals surface area contributed by atoms with Crippen molar-refractivity contribution in [3.8, 4) is 0 Å². The fourth-order valence-electron chi connectivity index (χ4n) is 1.73. The van der Waals surface area contributed by atoms with Crippen LogP contribution in [0.25, 0.3) is 0 Å². The van der Waals surface area contributed by atoms with Crippen LogP contribution >= 0.6 is 0 Å². The Morgan fingerprint density at radius 3 is 2.32 bits per heavy atom. The summed E-state index contributed by atoms with van der Waals surface area (Å²) in [6.45, 7) is 3.68. The Balaban J connectivity index is 2.17. The maximum absolute atomic E-state index is 12.3. The first-order valence-corrected chi connectivity index (χ1v) is 6.07. The molecule has 2 rings (SSSR count). The van der Waals surface area contributed by atoms with E-state index < -0.39 is 5.54 Å². The van der Waals surface area contributed by atoms with E-state index in [4.69, 9.17) is 5.73 Å². The standard InChI is InChI=1S/C15H17N3O/c1-11-3-5-13(6-4-11)18-14(19)15(2,16)12-7-9-17-10-8-12/h3-10H,16H2,1-2H3,(H,18,19)/t15-/m0/s1. The largest absolute Gasteiger partial charge is 0.324 e. The molecule has 0 aliphatic heterocycles. The lowest BCUT2D eigenvalue weighted by molar-refractivity contribution is -0.120. The number of aryl methyl sites for hydroxylation is 1. The summed E-state index contributed by atoms with van der Waals surface area (Å²) in [6.07, 6.45) is 3.25. The van der Waals surface area contributed by atoms with Crippen molar-refractivity contribution in [2.75, 3.05) is 5.32 Å². The van der Waals surface area contributed by atoms with Crippen LogP contribution in [0.2, 0.25) is 0 Å². The fraction of sp³-hybridized carbons (Fsp3) is 0.200. The first-order valence-electron chi connectivity index (χ1n) is 6.07. The minimum Gasteiger partial charge on any atom is -0.324 e. The van der Waals surface area contributed by atoms with E-state index >= 15 is 0 Å². The lowest BCUT2D eigenvalue weighted by Gasteiger charge is -2.23. The van der Waals surface area contributed by atoms with Crippen molar-refractivity contribution < 1.29 is 4.79 Å². The van der Waals surface area contributed by atoms with Gasteiger partial charge >= 0.3 is 0 Å². The van der Waals surface area contributed by atoms with Crippen LogP contribution in [0.15, 0.2) is 48.8 Å². The minimum atomic E-state index is -1.09. The van der Waals surface area contributed by atoms with Crippen molar-refractivity contribution in [3.05, 3.63) is 59.9 Å². The van der Waals surface area contributed by atoms with Crippen LogP contribution in [0.3, 0.4) is 0 Å². The highest BCUT2D eigenvalue weighted by atomic mass is 16.2. The Hall–Kier alpha value is -2.20. The first kappa shape index (κ1) is 13.2. The summed E-state index contributed by atoms with van der Waals surface area (Å²) in [6, 6.07) is 11.1. The molecule has 19 heavy (non-hydrogen) atoms. The summed E-state index contributed by atoms with van der Waals surface area (Å²) >= 11 is 0. The Kier molecular flexibility index (Phi) is 3.62. The number of rotatable bonds is 3. The van der Waals surface area contributed by atoms with Crippen molar-refractivity contribution in [2.24, 2.45) is 5.73 Å². The van der Waals surface area contributed by atoms with Gasteiger partial charge in [0.1, 0.15) is 5.54 Å². The maximum Gasteiger partial charge on any atom is 0.248 e. The van der Waals surface area contributed by atoms with Crippen molar-refractivity contribution in [3.63, 3.8) is 0 Å². The molecule has 0 aliphatic rings. The van der Waals surface area contributed by atoms with Gasteiger partial charge in [-0.2, -0.15) is 0 Å². The highest BCUT2D eigenvalue weighted by molar-refractivity contribution is 5.98. The van der Waals surface area contributed by atoms with Crippen molar-refractivity contribution in [1.29, 1.82) is 0 Å². The molecule has 0 saturated carbocycles. The summed E-state index contributed by atoms with van der Waals surface area (Å²) in [5, 5.41) is 2.82. The Morgan fingerprint density at radius 1 is 1.16 bits per heavy atom. The number of carbonyl (C=O) groups is 1. The van der Waals surface area contributed by atoms with Crippen LogP contribution in [-0.2, 0) is 10.3 Å². The molecule has 1 aromatic carbocycles. The Morgan fingerprint density at radius 2 is 1.74 bits per heavy atom. The molecular formula is C15H17N3O. The molecule has 0 saturated heterocycles. The number of pyridine rings is 1. The van der Waals surface area contributed by atoms with Crippen molar-refractivity contribution in [1.82, 2.24) is 4.98 Å². The number of aromatic nitrogens is 1.